The van der Waals surface area contributed by atoms with E-state index in [0.29, 0.717) is 17.2 Å². The zero-order valence-corrected chi connectivity index (χ0v) is 10.9. The Balaban J connectivity index is 1.95. The number of fused-ring (bicyclic) bond motifs is 1. The molecule has 18 heavy (non-hydrogen) atoms. The Kier molecular flexibility index (Phi) is 3.13. The summed E-state index contributed by atoms with van der Waals surface area (Å²) in [5.41, 5.74) is 0.853. The van der Waals surface area contributed by atoms with Gasteiger partial charge in [-0.2, -0.15) is 0 Å². The van der Waals surface area contributed by atoms with Gasteiger partial charge in [-0.05, 0) is 37.1 Å². The highest BCUT2D eigenvalue weighted by molar-refractivity contribution is 6.31. The van der Waals surface area contributed by atoms with Crippen molar-refractivity contribution in [2.45, 2.75) is 38.0 Å². The van der Waals surface area contributed by atoms with Crippen LogP contribution in [0.3, 0.4) is 0 Å². The summed E-state index contributed by atoms with van der Waals surface area (Å²) in [7, 11) is 0. The molecule has 1 heterocycles. The largest absolute Gasteiger partial charge is 0.461 e. The number of rotatable bonds is 1. The molecule has 1 aromatic carbocycles. The maximum absolute atomic E-state index is 11.7. The highest BCUT2D eigenvalue weighted by Crippen LogP contribution is 2.34. The molecule has 1 aliphatic rings. The van der Waals surface area contributed by atoms with Crippen molar-refractivity contribution in [2.75, 3.05) is 0 Å². The van der Waals surface area contributed by atoms with Crippen molar-refractivity contribution < 1.29 is 9.21 Å². The summed E-state index contributed by atoms with van der Waals surface area (Å²) < 4.78 is 5.86. The summed E-state index contributed by atoms with van der Waals surface area (Å²) in [6, 6.07) is 7.65. The normalized spacial score (nSPS) is 21.2. The van der Waals surface area contributed by atoms with E-state index >= 15 is 0 Å². The van der Waals surface area contributed by atoms with Gasteiger partial charge in [-0.1, -0.05) is 18.0 Å². The maximum atomic E-state index is 11.7. The van der Waals surface area contributed by atoms with E-state index in [1.165, 1.54) is 0 Å². The lowest BCUT2D eigenvalue weighted by atomic mass is 9.97. The molecule has 1 aromatic heterocycles. The summed E-state index contributed by atoms with van der Waals surface area (Å²) >= 11 is 5.97. The van der Waals surface area contributed by atoms with Crippen molar-refractivity contribution in [3.63, 3.8) is 0 Å². The third-order valence-electron chi connectivity index (χ3n) is 3.63. The minimum atomic E-state index is 0.242. The molecule has 3 heteroatoms. The Morgan fingerprint density at radius 1 is 1.22 bits per heavy atom. The van der Waals surface area contributed by atoms with Crippen LogP contribution in [-0.4, -0.2) is 5.78 Å². The second kappa shape index (κ2) is 4.77. The molecule has 94 valence electrons. The molecular formula is C15H15ClO2. The predicted octanol–water partition coefficient (Wildman–Crippen LogP) is 4.70. The molecule has 0 spiro atoms. The van der Waals surface area contributed by atoms with Crippen LogP contribution in [0, 0.1) is 0 Å². The third-order valence-corrected chi connectivity index (χ3v) is 3.87. The Labute approximate surface area is 111 Å². The number of Topliss-reactive ketones (excluding diaryl/α,β-unsaturated/α-hetero) is 1. The van der Waals surface area contributed by atoms with E-state index in [2.05, 4.69) is 0 Å². The number of carbonyl (C=O) groups is 1. The van der Waals surface area contributed by atoms with Gasteiger partial charge in [0, 0.05) is 29.2 Å². The van der Waals surface area contributed by atoms with E-state index in [1.807, 2.05) is 24.3 Å². The SMILES string of the molecule is O=C1CCCCC(c2cc3cc(Cl)ccc3o2)C1. The number of ketones is 1. The van der Waals surface area contributed by atoms with E-state index in [-0.39, 0.29) is 5.92 Å². The van der Waals surface area contributed by atoms with Crippen LogP contribution in [0.2, 0.25) is 5.02 Å². The van der Waals surface area contributed by atoms with Crippen LogP contribution < -0.4 is 0 Å². The quantitative estimate of drug-likeness (QED) is 0.697. The Morgan fingerprint density at radius 2 is 2.11 bits per heavy atom. The Morgan fingerprint density at radius 3 is 3.00 bits per heavy atom. The molecule has 1 unspecified atom stereocenters. The number of halogens is 1. The van der Waals surface area contributed by atoms with Gasteiger partial charge in [0.25, 0.3) is 0 Å². The zero-order chi connectivity index (χ0) is 12.5. The Hall–Kier alpha value is -1.28. The lowest BCUT2D eigenvalue weighted by molar-refractivity contribution is -0.119. The average Bonchev–Trinajstić information content (AvgIpc) is 2.63. The number of carbonyl (C=O) groups excluding carboxylic acids is 1. The summed E-state index contributed by atoms with van der Waals surface area (Å²) in [6.45, 7) is 0. The van der Waals surface area contributed by atoms with Crippen LogP contribution in [0.15, 0.2) is 28.7 Å². The molecule has 2 aromatic rings. The van der Waals surface area contributed by atoms with Crippen LogP contribution in [0.5, 0.6) is 0 Å². The highest BCUT2D eigenvalue weighted by Gasteiger charge is 2.22. The average molecular weight is 263 g/mol. The minimum absolute atomic E-state index is 0.242. The molecule has 1 atom stereocenters. The van der Waals surface area contributed by atoms with Gasteiger partial charge in [-0.15, -0.1) is 0 Å². The first-order chi connectivity index (χ1) is 8.72. The molecule has 0 aliphatic heterocycles. The van der Waals surface area contributed by atoms with Gasteiger partial charge in [0.15, 0.2) is 0 Å². The fourth-order valence-corrected chi connectivity index (χ4v) is 2.85. The summed E-state index contributed by atoms with van der Waals surface area (Å²) in [5.74, 6) is 1.53. The van der Waals surface area contributed by atoms with Gasteiger partial charge in [-0.3, -0.25) is 4.79 Å². The maximum Gasteiger partial charge on any atom is 0.134 e. The van der Waals surface area contributed by atoms with E-state index < -0.39 is 0 Å². The molecule has 1 saturated carbocycles. The van der Waals surface area contributed by atoms with Crippen molar-refractivity contribution in [2.24, 2.45) is 0 Å². The van der Waals surface area contributed by atoms with Crippen molar-refractivity contribution in [1.82, 2.24) is 0 Å². The monoisotopic (exact) mass is 262 g/mol. The van der Waals surface area contributed by atoms with E-state index in [9.17, 15) is 4.79 Å². The smallest absolute Gasteiger partial charge is 0.134 e. The van der Waals surface area contributed by atoms with Crippen LogP contribution in [-0.2, 0) is 4.79 Å². The summed E-state index contributed by atoms with van der Waals surface area (Å²) in [5, 5.41) is 1.74. The molecule has 3 rings (SSSR count). The van der Waals surface area contributed by atoms with E-state index in [4.69, 9.17) is 16.0 Å². The lowest BCUT2D eigenvalue weighted by Gasteiger charge is -2.08. The van der Waals surface area contributed by atoms with Gasteiger partial charge < -0.3 is 4.42 Å². The standard InChI is InChI=1S/C15H15ClO2/c16-12-5-6-14-11(7-12)9-15(18-14)10-3-1-2-4-13(17)8-10/h5-7,9-10H,1-4,8H2. The minimum Gasteiger partial charge on any atom is -0.461 e. The summed E-state index contributed by atoms with van der Waals surface area (Å²) in [4.78, 5) is 11.7. The number of benzene rings is 1. The number of hydrogen-bond acceptors (Lipinski definition) is 2. The van der Waals surface area contributed by atoms with Crippen molar-refractivity contribution in [3.8, 4) is 0 Å². The molecule has 0 amide bonds. The van der Waals surface area contributed by atoms with Gasteiger partial charge >= 0.3 is 0 Å². The van der Waals surface area contributed by atoms with Crippen LogP contribution in [0.1, 0.15) is 43.8 Å². The molecule has 0 radical (unpaired) electrons. The molecule has 1 fully saturated rings. The van der Waals surface area contributed by atoms with Gasteiger partial charge in [0.05, 0.1) is 0 Å². The second-order valence-electron chi connectivity index (χ2n) is 5.02. The Bertz CT molecular complexity index is 585. The lowest BCUT2D eigenvalue weighted by Crippen LogP contribution is -2.02. The van der Waals surface area contributed by atoms with Crippen LogP contribution in [0.25, 0.3) is 11.0 Å². The topological polar surface area (TPSA) is 30.2 Å². The fraction of sp³-hybridized carbons (Fsp3) is 0.400. The second-order valence-corrected chi connectivity index (χ2v) is 5.45. The molecule has 0 saturated heterocycles. The fourth-order valence-electron chi connectivity index (χ4n) is 2.67. The van der Waals surface area contributed by atoms with E-state index in [1.54, 1.807) is 0 Å². The van der Waals surface area contributed by atoms with Gasteiger partial charge in [0.1, 0.15) is 17.1 Å². The van der Waals surface area contributed by atoms with Crippen LogP contribution >= 0.6 is 11.6 Å². The van der Waals surface area contributed by atoms with Crippen molar-refractivity contribution in [1.29, 1.82) is 0 Å². The van der Waals surface area contributed by atoms with Crippen molar-refractivity contribution >= 4 is 28.4 Å². The molecule has 0 N–H and O–H groups in total. The predicted molar refractivity (Wildman–Crippen MR) is 72.1 cm³/mol. The third kappa shape index (κ3) is 2.30. The molecule has 1 aliphatic carbocycles. The highest BCUT2D eigenvalue weighted by atomic mass is 35.5. The number of hydrogen-bond donors (Lipinski definition) is 0. The summed E-state index contributed by atoms with van der Waals surface area (Å²) in [6.07, 6.45) is 4.50. The molecule has 0 bridgehead atoms. The van der Waals surface area contributed by atoms with Gasteiger partial charge in [-0.25, -0.2) is 0 Å². The van der Waals surface area contributed by atoms with Crippen molar-refractivity contribution in [3.05, 3.63) is 35.0 Å². The first-order valence-corrected chi connectivity index (χ1v) is 6.81. The molecule has 2 nitrogen and oxygen atoms in total. The van der Waals surface area contributed by atoms with Crippen LogP contribution in [0.4, 0.5) is 0 Å². The van der Waals surface area contributed by atoms with Gasteiger partial charge in [0.2, 0.25) is 0 Å². The number of furan rings is 1. The first kappa shape index (κ1) is 11.8. The zero-order valence-electron chi connectivity index (χ0n) is 10.1. The first-order valence-electron chi connectivity index (χ1n) is 6.43. The van der Waals surface area contributed by atoms with E-state index in [0.717, 1.165) is 42.4 Å². The molecular weight excluding hydrogens is 248 g/mol.